The summed E-state index contributed by atoms with van der Waals surface area (Å²) < 4.78 is 0. The average molecular weight is 601 g/mol. The summed E-state index contributed by atoms with van der Waals surface area (Å²) in [5, 5.41) is 28.9. The topological polar surface area (TPSA) is 243 Å². The van der Waals surface area contributed by atoms with Crippen LogP contribution in [0.5, 0.6) is 0 Å². The van der Waals surface area contributed by atoms with Gasteiger partial charge in [0, 0.05) is 0 Å². The zero-order valence-electron chi connectivity index (χ0n) is 25.8. The first-order chi connectivity index (χ1) is 19.5. The number of carbonyl (C=O) groups excluding carboxylic acids is 4. The molecule has 0 aromatic rings. The molecule has 0 unspecified atom stereocenters. The lowest BCUT2D eigenvalue weighted by Gasteiger charge is -2.27. The van der Waals surface area contributed by atoms with Crippen molar-refractivity contribution >= 4 is 35.6 Å². The fourth-order valence-electron chi connectivity index (χ4n) is 4.25. The number of hydrogen-bond acceptors (Lipinski definition) is 8. The summed E-state index contributed by atoms with van der Waals surface area (Å²) in [7, 11) is 0. The average Bonchev–Trinajstić information content (AvgIpc) is 2.85. The molecule has 4 amide bonds. The standard InChI is InChI=1S/C28H52N6O8/c1-15(2)11-18(30)24(37)32-20(12-16(3)4)26(39)34-22(14-23(35)36)27(40)33-21(13-17(5)6)25(38)31-19(28(41)42)9-7-8-10-29/h15-22H,7-14,29-30H2,1-6H3,(H,31,38)(H,32,37)(H,33,40)(H,34,39)(H,35,36)(H,41,42)/t18-,19-,20-,21-,22-/m0/s1. The number of rotatable bonds is 21. The first kappa shape index (κ1) is 38.7. The number of nitrogens with one attached hydrogen (secondary N) is 4. The molecule has 0 aliphatic rings. The minimum absolute atomic E-state index is 0.0414. The summed E-state index contributed by atoms with van der Waals surface area (Å²) in [6, 6.07) is -5.91. The zero-order valence-corrected chi connectivity index (χ0v) is 25.8. The molecule has 42 heavy (non-hydrogen) atoms. The lowest BCUT2D eigenvalue weighted by Crippen LogP contribution is -2.59. The molecule has 0 radical (unpaired) electrons. The van der Waals surface area contributed by atoms with E-state index in [1.54, 1.807) is 13.8 Å². The van der Waals surface area contributed by atoms with Crippen LogP contribution in [0.3, 0.4) is 0 Å². The Kier molecular flexibility index (Phi) is 18.3. The molecule has 0 bridgehead atoms. The Labute approximate surface area is 248 Å². The molecule has 0 saturated heterocycles. The van der Waals surface area contributed by atoms with Crippen LogP contribution in [0.2, 0.25) is 0 Å². The van der Waals surface area contributed by atoms with Crippen molar-refractivity contribution in [3.63, 3.8) is 0 Å². The maximum atomic E-state index is 13.2. The van der Waals surface area contributed by atoms with Crippen LogP contribution >= 0.6 is 0 Å². The number of carboxylic acid groups (broad SMARTS) is 2. The quantitative estimate of drug-likeness (QED) is 0.0825. The van der Waals surface area contributed by atoms with Crippen LogP contribution < -0.4 is 32.7 Å². The van der Waals surface area contributed by atoms with E-state index in [9.17, 15) is 39.0 Å². The molecule has 5 atom stereocenters. The van der Waals surface area contributed by atoms with Crippen LogP contribution in [0.4, 0.5) is 0 Å². The second-order valence-corrected chi connectivity index (χ2v) is 12.0. The van der Waals surface area contributed by atoms with Gasteiger partial charge in [-0.3, -0.25) is 24.0 Å². The van der Waals surface area contributed by atoms with Crippen LogP contribution in [0.25, 0.3) is 0 Å². The van der Waals surface area contributed by atoms with E-state index in [2.05, 4.69) is 21.3 Å². The number of hydrogen-bond donors (Lipinski definition) is 8. The van der Waals surface area contributed by atoms with E-state index < -0.39 is 72.2 Å². The maximum Gasteiger partial charge on any atom is 0.326 e. The molecule has 14 heteroatoms. The largest absolute Gasteiger partial charge is 0.481 e. The monoisotopic (exact) mass is 600 g/mol. The van der Waals surface area contributed by atoms with Crippen molar-refractivity contribution in [3.05, 3.63) is 0 Å². The number of amides is 4. The second kappa shape index (κ2) is 19.8. The highest BCUT2D eigenvalue weighted by Crippen LogP contribution is 2.11. The predicted molar refractivity (Wildman–Crippen MR) is 157 cm³/mol. The lowest BCUT2D eigenvalue weighted by atomic mass is 9.99. The Hall–Kier alpha value is -3.26. The molecule has 242 valence electrons. The van der Waals surface area contributed by atoms with Gasteiger partial charge in [0.2, 0.25) is 23.6 Å². The van der Waals surface area contributed by atoms with E-state index in [4.69, 9.17) is 11.5 Å². The Morgan fingerprint density at radius 3 is 1.40 bits per heavy atom. The molecular weight excluding hydrogens is 548 g/mol. The first-order valence-corrected chi connectivity index (χ1v) is 14.6. The van der Waals surface area contributed by atoms with Gasteiger partial charge >= 0.3 is 11.9 Å². The summed E-state index contributed by atoms with van der Waals surface area (Å²) in [4.78, 5) is 75.4. The molecule has 0 fully saturated rings. The van der Waals surface area contributed by atoms with Crippen LogP contribution in [-0.4, -0.2) is 82.5 Å². The molecule has 0 saturated carbocycles. The molecule has 0 aliphatic heterocycles. The fourth-order valence-corrected chi connectivity index (χ4v) is 4.25. The third-order valence-corrected chi connectivity index (χ3v) is 6.32. The van der Waals surface area contributed by atoms with Gasteiger partial charge in [0.1, 0.15) is 24.2 Å². The van der Waals surface area contributed by atoms with Crippen molar-refractivity contribution < 1.29 is 39.0 Å². The van der Waals surface area contributed by atoms with Gasteiger partial charge in [-0.25, -0.2) is 4.79 Å². The van der Waals surface area contributed by atoms with Gasteiger partial charge in [-0.2, -0.15) is 0 Å². The number of nitrogens with two attached hydrogens (primary N) is 2. The van der Waals surface area contributed by atoms with Gasteiger partial charge < -0.3 is 42.9 Å². The number of carboxylic acids is 2. The zero-order chi connectivity index (χ0) is 32.6. The van der Waals surface area contributed by atoms with Crippen molar-refractivity contribution in [1.82, 2.24) is 21.3 Å². The van der Waals surface area contributed by atoms with E-state index in [1.807, 2.05) is 27.7 Å². The van der Waals surface area contributed by atoms with Crippen molar-refractivity contribution in [3.8, 4) is 0 Å². The highest BCUT2D eigenvalue weighted by atomic mass is 16.4. The van der Waals surface area contributed by atoms with Crippen LogP contribution in [0.1, 0.15) is 86.5 Å². The third-order valence-electron chi connectivity index (χ3n) is 6.32. The molecule has 0 rings (SSSR count). The van der Waals surface area contributed by atoms with Crippen LogP contribution in [-0.2, 0) is 28.8 Å². The number of unbranched alkanes of at least 4 members (excludes halogenated alkanes) is 1. The van der Waals surface area contributed by atoms with Gasteiger partial charge in [0.05, 0.1) is 12.5 Å². The van der Waals surface area contributed by atoms with Crippen molar-refractivity contribution in [2.24, 2.45) is 29.2 Å². The van der Waals surface area contributed by atoms with Gasteiger partial charge in [0.15, 0.2) is 0 Å². The van der Waals surface area contributed by atoms with Crippen LogP contribution in [0, 0.1) is 17.8 Å². The molecule has 0 heterocycles. The summed E-state index contributed by atoms with van der Waals surface area (Å²) in [5.74, 6) is -5.63. The van der Waals surface area contributed by atoms with Gasteiger partial charge in [-0.1, -0.05) is 41.5 Å². The first-order valence-electron chi connectivity index (χ1n) is 14.6. The molecule has 0 spiro atoms. The van der Waals surface area contributed by atoms with Crippen molar-refractivity contribution in [1.29, 1.82) is 0 Å². The van der Waals surface area contributed by atoms with E-state index >= 15 is 0 Å². The van der Waals surface area contributed by atoms with Crippen molar-refractivity contribution in [2.75, 3.05) is 6.54 Å². The summed E-state index contributed by atoms with van der Waals surface area (Å²) in [5.41, 5.74) is 11.4. The normalized spacial score (nSPS) is 14.9. The SMILES string of the molecule is CC(C)C[C@H](NC(=O)[C@H](CC(=O)O)NC(=O)[C@H](CC(C)C)NC(=O)[C@@H](N)CC(C)C)C(=O)N[C@@H](CCCCN)C(=O)O. The van der Waals surface area contributed by atoms with E-state index in [-0.39, 0.29) is 37.0 Å². The number of aliphatic carboxylic acids is 2. The summed E-state index contributed by atoms with van der Waals surface area (Å²) >= 11 is 0. The summed E-state index contributed by atoms with van der Waals surface area (Å²) in [6.07, 6.45) is 1.11. The predicted octanol–water partition coefficient (Wildman–Crippen LogP) is 0.0795. The molecule has 14 nitrogen and oxygen atoms in total. The van der Waals surface area contributed by atoms with E-state index in [0.717, 1.165) is 0 Å². The van der Waals surface area contributed by atoms with Gasteiger partial charge in [-0.15, -0.1) is 0 Å². The smallest absolute Gasteiger partial charge is 0.326 e. The molecule has 10 N–H and O–H groups in total. The van der Waals surface area contributed by atoms with Gasteiger partial charge in [0.25, 0.3) is 0 Å². The Balaban J connectivity index is 5.83. The molecule has 0 aromatic carbocycles. The second-order valence-electron chi connectivity index (χ2n) is 12.0. The number of carbonyl (C=O) groups is 6. The van der Waals surface area contributed by atoms with Crippen molar-refractivity contribution in [2.45, 2.75) is 117 Å². The highest BCUT2D eigenvalue weighted by molar-refractivity contribution is 5.96. The molecule has 0 aromatic heterocycles. The Morgan fingerprint density at radius 2 is 1.00 bits per heavy atom. The van der Waals surface area contributed by atoms with Gasteiger partial charge in [-0.05, 0) is 62.8 Å². The van der Waals surface area contributed by atoms with E-state index in [1.165, 1.54) is 0 Å². The maximum absolute atomic E-state index is 13.2. The lowest BCUT2D eigenvalue weighted by molar-refractivity contribution is -0.143. The fraction of sp³-hybridized carbons (Fsp3) is 0.786. The summed E-state index contributed by atoms with van der Waals surface area (Å²) in [6.45, 7) is 11.4. The Morgan fingerprint density at radius 1 is 0.595 bits per heavy atom. The Bertz CT molecular complexity index is 911. The third kappa shape index (κ3) is 16.2. The highest BCUT2D eigenvalue weighted by Gasteiger charge is 2.33. The molecular formula is C28H52N6O8. The minimum Gasteiger partial charge on any atom is -0.481 e. The van der Waals surface area contributed by atoms with Crippen LogP contribution in [0.15, 0.2) is 0 Å². The molecule has 0 aliphatic carbocycles. The minimum atomic E-state index is -1.58. The van der Waals surface area contributed by atoms with E-state index in [0.29, 0.717) is 25.8 Å².